The van der Waals surface area contributed by atoms with Gasteiger partial charge in [0.15, 0.2) is 4.34 Å². The van der Waals surface area contributed by atoms with Crippen molar-refractivity contribution in [3.63, 3.8) is 0 Å². The topological polar surface area (TPSA) is 98.0 Å². The highest BCUT2D eigenvalue weighted by Crippen LogP contribution is 2.38. The second-order valence-electron chi connectivity index (χ2n) is 4.85. The lowest BCUT2D eigenvalue weighted by atomic mass is 10.1. The first-order valence-corrected chi connectivity index (χ1v) is 9.33. The molecule has 2 aromatic rings. The number of rotatable bonds is 5. The zero-order valence-electron chi connectivity index (χ0n) is 11.8. The first-order chi connectivity index (χ1) is 10.5. The number of carbonyl (C=O) groups excluding carboxylic acids is 2. The number of hydrogen-bond donors (Lipinski definition) is 2. The molecule has 2 heterocycles. The van der Waals surface area contributed by atoms with E-state index in [1.165, 1.54) is 34.4 Å². The van der Waals surface area contributed by atoms with Crippen molar-refractivity contribution in [2.75, 3.05) is 11.1 Å². The second kappa shape index (κ2) is 6.35. The van der Waals surface area contributed by atoms with Crippen molar-refractivity contribution in [2.24, 2.45) is 5.73 Å². The van der Waals surface area contributed by atoms with Crippen LogP contribution in [0, 0.1) is 6.92 Å². The molecule has 22 heavy (non-hydrogen) atoms. The fourth-order valence-electron chi connectivity index (χ4n) is 2.38. The Bertz CT molecular complexity index is 738. The normalized spacial score (nSPS) is 13.1. The maximum absolute atomic E-state index is 12.1. The summed E-state index contributed by atoms with van der Waals surface area (Å²) in [6.07, 6.45) is 2.86. The van der Waals surface area contributed by atoms with Crippen molar-refractivity contribution < 1.29 is 9.59 Å². The van der Waals surface area contributed by atoms with Crippen LogP contribution >= 0.6 is 34.4 Å². The number of anilines is 1. The van der Waals surface area contributed by atoms with Crippen LogP contribution in [0.1, 0.15) is 32.2 Å². The Morgan fingerprint density at radius 2 is 2.14 bits per heavy atom. The van der Waals surface area contributed by atoms with Gasteiger partial charge in [-0.3, -0.25) is 9.59 Å². The lowest BCUT2D eigenvalue weighted by Crippen LogP contribution is -2.18. The maximum Gasteiger partial charge on any atom is 0.251 e. The van der Waals surface area contributed by atoms with E-state index in [2.05, 4.69) is 15.5 Å². The van der Waals surface area contributed by atoms with E-state index in [0.29, 0.717) is 10.6 Å². The Hall–Kier alpha value is -1.45. The Morgan fingerprint density at radius 1 is 1.32 bits per heavy atom. The predicted octanol–water partition coefficient (Wildman–Crippen LogP) is 2.23. The fourth-order valence-corrected chi connectivity index (χ4v) is 5.31. The summed E-state index contributed by atoms with van der Waals surface area (Å²) < 4.78 is 0.761. The molecule has 0 radical (unpaired) electrons. The zero-order chi connectivity index (χ0) is 15.7. The van der Waals surface area contributed by atoms with Crippen molar-refractivity contribution in [2.45, 2.75) is 30.5 Å². The van der Waals surface area contributed by atoms with Crippen molar-refractivity contribution in [3.05, 3.63) is 21.0 Å². The largest absolute Gasteiger partial charge is 0.365 e. The summed E-state index contributed by atoms with van der Waals surface area (Å²) in [4.78, 5) is 24.9. The zero-order valence-corrected chi connectivity index (χ0v) is 14.3. The molecule has 9 heteroatoms. The van der Waals surface area contributed by atoms with Gasteiger partial charge in [-0.1, -0.05) is 23.1 Å². The molecule has 0 spiro atoms. The summed E-state index contributed by atoms with van der Waals surface area (Å²) in [6.45, 7) is 1.87. The number of amides is 2. The number of primary amides is 1. The van der Waals surface area contributed by atoms with Crippen molar-refractivity contribution in [1.29, 1.82) is 0 Å². The van der Waals surface area contributed by atoms with Crippen LogP contribution in [0.25, 0.3) is 0 Å². The van der Waals surface area contributed by atoms with Gasteiger partial charge in [-0.2, -0.15) is 0 Å². The Kier molecular flexibility index (Phi) is 4.46. The molecule has 1 aliphatic carbocycles. The minimum atomic E-state index is -0.470. The summed E-state index contributed by atoms with van der Waals surface area (Å²) in [5.74, 6) is -0.405. The van der Waals surface area contributed by atoms with E-state index < -0.39 is 5.91 Å². The molecule has 0 saturated carbocycles. The Labute approximate surface area is 139 Å². The van der Waals surface area contributed by atoms with Crippen LogP contribution in [0.15, 0.2) is 4.34 Å². The third-order valence-electron chi connectivity index (χ3n) is 3.25. The molecule has 0 unspecified atom stereocenters. The van der Waals surface area contributed by atoms with Crippen LogP contribution in [-0.4, -0.2) is 27.8 Å². The first-order valence-electron chi connectivity index (χ1n) is 6.71. The number of hydrogen-bond acceptors (Lipinski definition) is 7. The standard InChI is InChI=1S/C13H14N4O2S3/c1-6-16-17-13(21-6)20-5-9(18)15-12-10(11(14)19)7-3-2-4-8(7)22-12/h2-5H2,1H3,(H2,14,19)(H,15,18). The lowest BCUT2D eigenvalue weighted by molar-refractivity contribution is -0.113. The molecular formula is C13H14N4O2S3. The van der Waals surface area contributed by atoms with Gasteiger partial charge in [0.1, 0.15) is 10.0 Å². The summed E-state index contributed by atoms with van der Waals surface area (Å²) in [7, 11) is 0. The van der Waals surface area contributed by atoms with E-state index in [1.54, 1.807) is 0 Å². The molecule has 0 aromatic carbocycles. The van der Waals surface area contributed by atoms with Crippen LogP contribution < -0.4 is 11.1 Å². The van der Waals surface area contributed by atoms with Gasteiger partial charge in [0.05, 0.1) is 11.3 Å². The number of nitrogens with one attached hydrogen (secondary N) is 1. The number of thioether (sulfide) groups is 1. The summed E-state index contributed by atoms with van der Waals surface area (Å²) >= 11 is 4.25. The van der Waals surface area contributed by atoms with Gasteiger partial charge in [0, 0.05) is 4.88 Å². The predicted molar refractivity (Wildman–Crippen MR) is 88.9 cm³/mol. The van der Waals surface area contributed by atoms with E-state index in [-0.39, 0.29) is 11.7 Å². The monoisotopic (exact) mass is 354 g/mol. The molecule has 3 rings (SSSR count). The van der Waals surface area contributed by atoms with Gasteiger partial charge in [-0.05, 0) is 31.7 Å². The van der Waals surface area contributed by atoms with Gasteiger partial charge in [0.2, 0.25) is 5.91 Å². The van der Waals surface area contributed by atoms with Crippen molar-refractivity contribution in [3.8, 4) is 0 Å². The van der Waals surface area contributed by atoms with Gasteiger partial charge < -0.3 is 11.1 Å². The second-order valence-corrected chi connectivity index (χ2v) is 8.36. The van der Waals surface area contributed by atoms with Gasteiger partial charge in [-0.15, -0.1) is 21.5 Å². The van der Waals surface area contributed by atoms with Gasteiger partial charge >= 0.3 is 0 Å². The SMILES string of the molecule is Cc1nnc(SCC(=O)Nc2sc3c(c2C(N)=O)CCC3)s1. The average molecular weight is 354 g/mol. The number of thiophene rings is 1. The van der Waals surface area contributed by atoms with E-state index in [0.717, 1.165) is 39.1 Å². The average Bonchev–Trinajstić information content (AvgIpc) is 3.11. The summed E-state index contributed by atoms with van der Waals surface area (Å²) in [5, 5.41) is 12.1. The highest BCUT2D eigenvalue weighted by molar-refractivity contribution is 8.01. The molecule has 0 fully saturated rings. The molecule has 2 aromatic heterocycles. The van der Waals surface area contributed by atoms with Crippen molar-refractivity contribution >= 4 is 51.3 Å². The molecule has 0 bridgehead atoms. The smallest absolute Gasteiger partial charge is 0.251 e. The fraction of sp³-hybridized carbons (Fsp3) is 0.385. The number of fused-ring (bicyclic) bond motifs is 1. The third-order valence-corrected chi connectivity index (χ3v) is 6.43. The minimum Gasteiger partial charge on any atom is -0.365 e. The molecule has 0 aliphatic heterocycles. The molecule has 116 valence electrons. The maximum atomic E-state index is 12.1. The Morgan fingerprint density at radius 3 is 2.82 bits per heavy atom. The van der Waals surface area contributed by atoms with E-state index >= 15 is 0 Å². The highest BCUT2D eigenvalue weighted by Gasteiger charge is 2.26. The number of aryl methyl sites for hydroxylation is 2. The third kappa shape index (κ3) is 3.16. The molecule has 0 saturated heterocycles. The van der Waals surface area contributed by atoms with Gasteiger partial charge in [-0.25, -0.2) is 0 Å². The van der Waals surface area contributed by atoms with Gasteiger partial charge in [0.25, 0.3) is 5.91 Å². The number of carbonyl (C=O) groups is 2. The lowest BCUT2D eigenvalue weighted by Gasteiger charge is -2.05. The molecule has 1 aliphatic rings. The summed E-state index contributed by atoms with van der Waals surface area (Å²) in [5.41, 5.74) is 6.97. The van der Waals surface area contributed by atoms with E-state index in [9.17, 15) is 9.59 Å². The van der Waals surface area contributed by atoms with E-state index in [1.807, 2.05) is 6.92 Å². The number of nitrogens with zero attached hydrogens (tertiary/aromatic N) is 2. The molecule has 0 atom stereocenters. The number of nitrogens with two attached hydrogens (primary N) is 1. The first kappa shape index (κ1) is 15.4. The molecule has 2 amide bonds. The summed E-state index contributed by atoms with van der Waals surface area (Å²) in [6, 6.07) is 0. The van der Waals surface area contributed by atoms with Crippen molar-refractivity contribution in [1.82, 2.24) is 10.2 Å². The highest BCUT2D eigenvalue weighted by atomic mass is 32.2. The molecule has 3 N–H and O–H groups in total. The molecule has 6 nitrogen and oxygen atoms in total. The van der Waals surface area contributed by atoms with Crippen LogP contribution in [0.4, 0.5) is 5.00 Å². The van der Waals surface area contributed by atoms with Crippen LogP contribution in [0.3, 0.4) is 0 Å². The minimum absolute atomic E-state index is 0.166. The number of aromatic nitrogens is 2. The van der Waals surface area contributed by atoms with Crippen LogP contribution in [0.5, 0.6) is 0 Å². The van der Waals surface area contributed by atoms with Crippen LogP contribution in [-0.2, 0) is 17.6 Å². The quantitative estimate of drug-likeness (QED) is 0.802. The Balaban J connectivity index is 1.68. The van der Waals surface area contributed by atoms with Crippen LogP contribution in [0.2, 0.25) is 0 Å². The molecular weight excluding hydrogens is 340 g/mol. The van der Waals surface area contributed by atoms with E-state index in [4.69, 9.17) is 5.73 Å².